The summed E-state index contributed by atoms with van der Waals surface area (Å²) in [5.41, 5.74) is 4.64. The molecule has 4 N–H and O–H groups in total. The van der Waals surface area contributed by atoms with Crippen molar-refractivity contribution >= 4 is 72.0 Å². The molecule has 356 valence electrons. The van der Waals surface area contributed by atoms with Crippen LogP contribution >= 0.6 is 11.3 Å². The number of ether oxygens (including phenoxy) is 1. The van der Waals surface area contributed by atoms with Crippen molar-refractivity contribution in [3.8, 4) is 11.3 Å². The number of aromatic nitrogens is 4. The molecule has 67 heavy (non-hydrogen) atoms. The Balaban J connectivity index is 0.807. The molecule has 0 bridgehead atoms. The van der Waals surface area contributed by atoms with Gasteiger partial charge in [-0.25, -0.2) is 18.1 Å². The molecular weight excluding hydrogens is 900 g/mol. The van der Waals surface area contributed by atoms with E-state index in [0.717, 1.165) is 58.5 Å². The normalized spacial score (nSPS) is 17.9. The molecule has 6 aromatic rings. The van der Waals surface area contributed by atoms with Crippen molar-refractivity contribution in [2.45, 2.75) is 70.6 Å². The number of hydrogen-bond donors (Lipinski definition) is 4. The van der Waals surface area contributed by atoms with Crippen molar-refractivity contribution in [1.82, 2.24) is 38.3 Å². The second-order valence-electron chi connectivity index (χ2n) is 17.3. The first-order valence-electron chi connectivity index (χ1n) is 22.7. The van der Waals surface area contributed by atoms with Crippen LogP contribution in [-0.2, 0) is 38.0 Å². The van der Waals surface area contributed by atoms with Gasteiger partial charge >= 0.3 is 15.9 Å². The van der Waals surface area contributed by atoms with E-state index in [1.807, 2.05) is 38.1 Å². The van der Waals surface area contributed by atoms with Crippen LogP contribution in [-0.4, -0.2) is 114 Å². The third-order valence-electron chi connectivity index (χ3n) is 12.3. The number of aryl methyl sites for hydroxylation is 2. The zero-order valence-electron chi connectivity index (χ0n) is 38.1. The van der Waals surface area contributed by atoms with Gasteiger partial charge in [-0.2, -0.15) is 12.7 Å². The third-order valence-corrected chi connectivity index (χ3v) is 14.8. The number of benzene rings is 3. The molecule has 0 radical (unpaired) electrons. The van der Waals surface area contributed by atoms with Gasteiger partial charge in [0.15, 0.2) is 5.13 Å². The summed E-state index contributed by atoms with van der Waals surface area (Å²) in [5, 5.41) is 14.0. The van der Waals surface area contributed by atoms with Crippen molar-refractivity contribution in [3.05, 3.63) is 99.7 Å². The number of para-hydroxylation sites is 2. The quantitative estimate of drug-likeness (QED) is 0.0851. The fourth-order valence-electron chi connectivity index (χ4n) is 9.10. The Hall–Kier alpha value is -5.93. The zero-order chi connectivity index (χ0) is 47.4. The first-order chi connectivity index (χ1) is 32.2. The number of carbonyl (C=O) groups is 3. The summed E-state index contributed by atoms with van der Waals surface area (Å²) in [4.78, 5) is 59.0. The zero-order valence-corrected chi connectivity index (χ0v) is 39.7. The number of nitrogens with zero attached hydrogens (tertiary/aromatic N) is 6. The van der Waals surface area contributed by atoms with Gasteiger partial charge in [-0.05, 0) is 101 Å². The lowest BCUT2D eigenvalue weighted by Crippen LogP contribution is -2.45. The molecule has 8 rings (SSSR count). The van der Waals surface area contributed by atoms with Crippen LogP contribution in [0.15, 0.2) is 77.0 Å². The van der Waals surface area contributed by atoms with Crippen molar-refractivity contribution in [2.75, 3.05) is 63.1 Å². The standard InChI is InChI=1S/C47H57FN10O7S2/c1-30-26-56(27-31(2)65-30)35-23-33(22-34(48)24-35)38-29-66-46(52-38)53-42(59)25-51-44(60)37-28-57(39-15-6-5-14-36(37)39)67(63,64)54(3)21-8-7-18-49-19-10-13-32-12-9-16-40-43(32)55(4)47(62)58(40)41-17-11-20-50-45(41)61/h5-6,9,12,14-16,22-24,28-31,41,49H,7-8,10-11,13,17-21,25-27H2,1-4H3,(H,50,61)(H,51,60)(H,52,53,59)/t30-,31+,41?. The molecular formula is C47H57FN10O7S2. The number of imidazole rings is 1. The van der Waals surface area contributed by atoms with Gasteiger partial charge in [0.2, 0.25) is 11.8 Å². The summed E-state index contributed by atoms with van der Waals surface area (Å²) in [6.07, 6.45) is 5.60. The van der Waals surface area contributed by atoms with E-state index in [-0.39, 0.29) is 41.0 Å². The maximum atomic E-state index is 14.8. The molecule has 3 atom stereocenters. The predicted octanol–water partition coefficient (Wildman–Crippen LogP) is 5.02. The molecule has 0 saturated carbocycles. The highest BCUT2D eigenvalue weighted by molar-refractivity contribution is 7.87. The highest BCUT2D eigenvalue weighted by Gasteiger charge is 2.29. The summed E-state index contributed by atoms with van der Waals surface area (Å²) in [6, 6.07) is 16.8. The average Bonchev–Trinajstić information content (AvgIpc) is 4.01. The number of halogens is 1. The Morgan fingerprint density at radius 2 is 1.76 bits per heavy atom. The van der Waals surface area contributed by atoms with Gasteiger partial charge in [0.25, 0.3) is 5.91 Å². The molecule has 2 aliphatic heterocycles. The lowest BCUT2D eigenvalue weighted by Gasteiger charge is -2.37. The number of carbonyl (C=O) groups excluding carboxylic acids is 3. The fourth-order valence-corrected chi connectivity index (χ4v) is 11.1. The van der Waals surface area contributed by atoms with Crippen LogP contribution in [0, 0.1) is 5.82 Å². The van der Waals surface area contributed by atoms with E-state index < -0.39 is 40.4 Å². The number of unbranched alkanes of at least 4 members (excludes halogenated alkanes) is 1. The lowest BCUT2D eigenvalue weighted by molar-refractivity contribution is -0.125. The van der Waals surface area contributed by atoms with Gasteiger partial charge in [-0.3, -0.25) is 23.5 Å². The number of amides is 3. The van der Waals surface area contributed by atoms with Crippen molar-refractivity contribution in [3.63, 3.8) is 0 Å². The minimum atomic E-state index is -4.07. The van der Waals surface area contributed by atoms with Gasteiger partial charge in [-0.1, -0.05) is 30.3 Å². The number of piperidine rings is 1. The molecule has 3 aromatic carbocycles. The Morgan fingerprint density at radius 3 is 2.55 bits per heavy atom. The molecule has 1 unspecified atom stereocenters. The number of fused-ring (bicyclic) bond motifs is 2. The smallest absolute Gasteiger partial charge is 0.329 e. The van der Waals surface area contributed by atoms with Gasteiger partial charge < -0.3 is 30.9 Å². The van der Waals surface area contributed by atoms with Gasteiger partial charge in [-0.15, -0.1) is 11.3 Å². The van der Waals surface area contributed by atoms with Crippen LogP contribution in [0.25, 0.3) is 33.2 Å². The molecule has 2 fully saturated rings. The summed E-state index contributed by atoms with van der Waals surface area (Å²) >= 11 is 1.17. The van der Waals surface area contributed by atoms with E-state index in [9.17, 15) is 32.0 Å². The van der Waals surface area contributed by atoms with E-state index in [1.165, 1.54) is 41.0 Å². The largest absolute Gasteiger partial charge is 0.372 e. The van der Waals surface area contributed by atoms with Crippen LogP contribution in [0.2, 0.25) is 0 Å². The van der Waals surface area contributed by atoms with Crippen molar-refractivity contribution in [1.29, 1.82) is 0 Å². The minimum absolute atomic E-state index is 0.000476. The van der Waals surface area contributed by atoms with Gasteiger partial charge in [0.05, 0.1) is 46.6 Å². The number of thiazole rings is 1. The van der Waals surface area contributed by atoms with Gasteiger partial charge in [0.1, 0.15) is 11.9 Å². The Kier molecular flexibility index (Phi) is 14.6. The van der Waals surface area contributed by atoms with Crippen LogP contribution in [0.5, 0.6) is 0 Å². The number of hydrogen-bond acceptors (Lipinski definition) is 11. The number of nitrogens with one attached hydrogen (secondary N) is 4. The average molecular weight is 957 g/mol. The molecule has 3 aromatic heterocycles. The summed E-state index contributed by atoms with van der Waals surface area (Å²) in [6.45, 7) is 7.09. The van der Waals surface area contributed by atoms with E-state index in [2.05, 4.69) is 31.2 Å². The maximum absolute atomic E-state index is 14.8. The molecule has 5 heterocycles. The number of morpholine rings is 1. The Morgan fingerprint density at radius 1 is 1.00 bits per heavy atom. The SMILES string of the molecule is C[C@@H]1CN(c2cc(F)cc(-c3csc(NC(=O)CNC(=O)c4cn(S(=O)(=O)N(C)CCCCNCCCc5cccc6c5n(C)c(=O)n6C5CCCNC5=O)c5ccccc45)n3)c2)C[C@H](C)O1. The van der Waals surface area contributed by atoms with Crippen molar-refractivity contribution < 1.29 is 31.9 Å². The summed E-state index contributed by atoms with van der Waals surface area (Å²) in [5.74, 6) is -1.69. The van der Waals surface area contributed by atoms with Crippen LogP contribution in [0.4, 0.5) is 15.2 Å². The number of rotatable bonds is 18. The van der Waals surface area contributed by atoms with Gasteiger partial charge in [0, 0.05) is 68.5 Å². The third kappa shape index (κ3) is 10.5. The summed E-state index contributed by atoms with van der Waals surface area (Å²) in [7, 11) is -0.814. The number of anilines is 2. The van der Waals surface area contributed by atoms with E-state index in [0.29, 0.717) is 61.2 Å². The van der Waals surface area contributed by atoms with Crippen LogP contribution in [0.1, 0.15) is 67.9 Å². The highest BCUT2D eigenvalue weighted by atomic mass is 32.2. The van der Waals surface area contributed by atoms with E-state index >= 15 is 0 Å². The molecule has 0 aliphatic carbocycles. The first kappa shape index (κ1) is 47.6. The minimum Gasteiger partial charge on any atom is -0.372 e. The summed E-state index contributed by atoms with van der Waals surface area (Å²) < 4.78 is 54.0. The Bertz CT molecular complexity index is 2950. The molecule has 2 aliphatic rings. The van der Waals surface area contributed by atoms with Crippen LogP contribution in [0.3, 0.4) is 0 Å². The molecule has 3 amide bonds. The van der Waals surface area contributed by atoms with Crippen molar-refractivity contribution in [2.24, 2.45) is 7.05 Å². The highest BCUT2D eigenvalue weighted by Crippen LogP contribution is 2.31. The topological polar surface area (TPSA) is 194 Å². The molecule has 0 spiro atoms. The second-order valence-corrected chi connectivity index (χ2v) is 20.1. The second kappa shape index (κ2) is 20.5. The maximum Gasteiger partial charge on any atom is 0.329 e. The first-order valence-corrected chi connectivity index (χ1v) is 25.0. The van der Waals surface area contributed by atoms with E-state index in [4.69, 9.17) is 4.74 Å². The monoisotopic (exact) mass is 956 g/mol. The fraction of sp³-hybridized carbons (Fsp3) is 0.426. The lowest BCUT2D eigenvalue weighted by atomic mass is 10.0. The molecule has 17 nitrogen and oxygen atoms in total. The molecule has 2 saturated heterocycles. The predicted molar refractivity (Wildman–Crippen MR) is 258 cm³/mol. The molecule has 20 heteroatoms. The Labute approximate surface area is 392 Å². The van der Waals surface area contributed by atoms with Crippen LogP contribution < -0.4 is 31.9 Å². The van der Waals surface area contributed by atoms with E-state index in [1.54, 1.807) is 45.8 Å².